The van der Waals surface area contributed by atoms with Crippen molar-refractivity contribution in [2.75, 3.05) is 0 Å². The van der Waals surface area contributed by atoms with Crippen molar-refractivity contribution >= 4 is 11.9 Å². The molecule has 0 heterocycles. The third-order valence-corrected chi connectivity index (χ3v) is 3.29. The summed E-state index contributed by atoms with van der Waals surface area (Å²) >= 11 is 0. The predicted octanol–water partition coefficient (Wildman–Crippen LogP) is 2.72. The van der Waals surface area contributed by atoms with Crippen LogP contribution in [0.15, 0.2) is 12.7 Å². The lowest BCUT2D eigenvalue weighted by Gasteiger charge is -2.34. The molecule has 0 aromatic rings. The smallest absolute Gasteiger partial charge is 0.332 e. The summed E-state index contributed by atoms with van der Waals surface area (Å²) in [5.74, 6) is -0.634. The maximum absolute atomic E-state index is 12.5. The molecule has 19 heavy (non-hydrogen) atoms. The molecule has 0 aromatic heterocycles. The zero-order valence-electron chi connectivity index (χ0n) is 12.3. The second-order valence-electron chi connectivity index (χ2n) is 6.19. The number of amides is 1. The minimum atomic E-state index is -0.880. The quantitative estimate of drug-likeness (QED) is 0.486. The number of carbonyl (C=O) groups is 2. The van der Waals surface area contributed by atoms with Crippen molar-refractivity contribution in [3.8, 4) is 0 Å². The van der Waals surface area contributed by atoms with E-state index in [0.29, 0.717) is 12.8 Å². The monoisotopic (exact) mass is 267 g/mol. The van der Waals surface area contributed by atoms with Crippen LogP contribution in [-0.4, -0.2) is 23.0 Å². The first-order chi connectivity index (χ1) is 8.79. The summed E-state index contributed by atoms with van der Waals surface area (Å²) in [4.78, 5) is 24.1. The number of hydrogen-bond donors (Lipinski definition) is 1. The van der Waals surface area contributed by atoms with E-state index in [2.05, 4.69) is 11.9 Å². The van der Waals surface area contributed by atoms with Crippen LogP contribution >= 0.6 is 0 Å². The van der Waals surface area contributed by atoms with Gasteiger partial charge in [-0.25, -0.2) is 4.79 Å². The second-order valence-corrected chi connectivity index (χ2v) is 6.19. The molecule has 0 bridgehead atoms. The highest BCUT2D eigenvalue weighted by Crippen LogP contribution is 2.30. The fraction of sp³-hybridized carbons (Fsp3) is 0.733. The summed E-state index contributed by atoms with van der Waals surface area (Å²) in [6.07, 6.45) is 6.52. The number of nitrogens with one attached hydrogen (secondary N) is 1. The SMILES string of the molecule is C=CC(=O)NC1(C(=O)OC(C)(C)C)CCCCCC1. The van der Waals surface area contributed by atoms with Gasteiger partial charge in [-0.2, -0.15) is 0 Å². The van der Waals surface area contributed by atoms with E-state index in [1.54, 1.807) is 0 Å². The van der Waals surface area contributed by atoms with Gasteiger partial charge in [-0.3, -0.25) is 4.79 Å². The standard InChI is InChI=1S/C15H25NO3/c1-5-12(17)16-15(10-8-6-7-9-11-15)13(18)19-14(2,3)4/h5H,1,6-11H2,2-4H3,(H,16,17). The Balaban J connectivity index is 2.92. The van der Waals surface area contributed by atoms with E-state index in [1.165, 1.54) is 6.08 Å². The van der Waals surface area contributed by atoms with E-state index in [-0.39, 0.29) is 11.9 Å². The van der Waals surface area contributed by atoms with Gasteiger partial charge in [-0.1, -0.05) is 32.3 Å². The van der Waals surface area contributed by atoms with Crippen LogP contribution in [0.1, 0.15) is 59.3 Å². The van der Waals surface area contributed by atoms with Gasteiger partial charge in [0.2, 0.25) is 5.91 Å². The van der Waals surface area contributed by atoms with Gasteiger partial charge in [0.1, 0.15) is 11.1 Å². The third-order valence-electron chi connectivity index (χ3n) is 3.29. The van der Waals surface area contributed by atoms with Crippen molar-refractivity contribution in [3.63, 3.8) is 0 Å². The van der Waals surface area contributed by atoms with Crippen LogP contribution in [-0.2, 0) is 14.3 Å². The lowest BCUT2D eigenvalue weighted by molar-refractivity contribution is -0.165. The van der Waals surface area contributed by atoms with Gasteiger partial charge >= 0.3 is 5.97 Å². The lowest BCUT2D eigenvalue weighted by atomic mass is 9.89. The fourth-order valence-electron chi connectivity index (χ4n) is 2.37. The van der Waals surface area contributed by atoms with Gasteiger partial charge in [0.05, 0.1) is 0 Å². The predicted molar refractivity (Wildman–Crippen MR) is 74.6 cm³/mol. The molecule has 0 aliphatic heterocycles. The van der Waals surface area contributed by atoms with Crippen molar-refractivity contribution in [1.29, 1.82) is 0 Å². The minimum Gasteiger partial charge on any atom is -0.458 e. The van der Waals surface area contributed by atoms with Crippen molar-refractivity contribution in [2.24, 2.45) is 0 Å². The molecular formula is C15H25NO3. The number of carbonyl (C=O) groups excluding carboxylic acids is 2. The van der Waals surface area contributed by atoms with Crippen molar-refractivity contribution in [1.82, 2.24) is 5.32 Å². The minimum absolute atomic E-state index is 0.312. The Kier molecular flexibility index (Phi) is 5.15. The van der Waals surface area contributed by atoms with Crippen LogP contribution in [0, 0.1) is 0 Å². The molecule has 0 saturated heterocycles. The topological polar surface area (TPSA) is 55.4 Å². The van der Waals surface area contributed by atoms with E-state index in [1.807, 2.05) is 20.8 Å². The van der Waals surface area contributed by atoms with Gasteiger partial charge in [0, 0.05) is 0 Å². The summed E-state index contributed by atoms with van der Waals surface area (Å²) in [6.45, 7) is 8.96. The van der Waals surface area contributed by atoms with Crippen LogP contribution in [0.4, 0.5) is 0 Å². The molecular weight excluding hydrogens is 242 g/mol. The van der Waals surface area contributed by atoms with E-state index >= 15 is 0 Å². The second kappa shape index (κ2) is 6.22. The number of ether oxygens (including phenoxy) is 1. The van der Waals surface area contributed by atoms with Crippen LogP contribution in [0.2, 0.25) is 0 Å². The first-order valence-electron chi connectivity index (χ1n) is 6.97. The zero-order valence-corrected chi connectivity index (χ0v) is 12.3. The molecule has 0 radical (unpaired) electrons. The van der Waals surface area contributed by atoms with Crippen LogP contribution in [0.5, 0.6) is 0 Å². The van der Waals surface area contributed by atoms with Crippen LogP contribution in [0.25, 0.3) is 0 Å². The number of hydrogen-bond acceptors (Lipinski definition) is 3. The van der Waals surface area contributed by atoms with E-state index in [9.17, 15) is 9.59 Å². The summed E-state index contributed by atoms with van der Waals surface area (Å²) < 4.78 is 5.49. The van der Waals surface area contributed by atoms with E-state index in [0.717, 1.165) is 25.7 Å². The van der Waals surface area contributed by atoms with Crippen LogP contribution < -0.4 is 5.32 Å². The molecule has 1 rings (SSSR count). The molecule has 1 fully saturated rings. The van der Waals surface area contributed by atoms with Crippen molar-refractivity contribution < 1.29 is 14.3 Å². The molecule has 0 atom stereocenters. The average molecular weight is 267 g/mol. The molecule has 108 valence electrons. The summed E-state index contributed by atoms with van der Waals surface area (Å²) in [6, 6.07) is 0. The molecule has 0 aromatic carbocycles. The van der Waals surface area contributed by atoms with Gasteiger partial charge in [0.15, 0.2) is 0 Å². The molecule has 1 aliphatic rings. The molecule has 1 N–H and O–H groups in total. The zero-order chi connectivity index (χ0) is 14.5. The van der Waals surface area contributed by atoms with E-state index < -0.39 is 11.1 Å². The maximum atomic E-state index is 12.5. The molecule has 1 aliphatic carbocycles. The summed E-state index contributed by atoms with van der Waals surface area (Å²) in [7, 11) is 0. The molecule has 4 heteroatoms. The normalized spacial score (nSPS) is 19.1. The summed E-state index contributed by atoms with van der Waals surface area (Å²) in [5.41, 5.74) is -1.43. The highest BCUT2D eigenvalue weighted by molar-refractivity contribution is 5.93. The fourth-order valence-corrected chi connectivity index (χ4v) is 2.37. The number of esters is 1. The molecule has 0 unspecified atom stereocenters. The van der Waals surface area contributed by atoms with Gasteiger partial charge in [-0.15, -0.1) is 0 Å². The highest BCUT2D eigenvalue weighted by atomic mass is 16.6. The highest BCUT2D eigenvalue weighted by Gasteiger charge is 2.42. The Labute approximate surface area is 115 Å². The molecule has 1 amide bonds. The Morgan fingerprint density at radius 2 is 1.68 bits per heavy atom. The van der Waals surface area contributed by atoms with Crippen LogP contribution in [0.3, 0.4) is 0 Å². The first-order valence-corrected chi connectivity index (χ1v) is 6.97. The van der Waals surface area contributed by atoms with Gasteiger partial charge in [-0.05, 0) is 39.7 Å². The molecule has 1 saturated carbocycles. The largest absolute Gasteiger partial charge is 0.458 e. The summed E-state index contributed by atoms with van der Waals surface area (Å²) in [5, 5.41) is 2.81. The van der Waals surface area contributed by atoms with E-state index in [4.69, 9.17) is 4.74 Å². The van der Waals surface area contributed by atoms with Gasteiger partial charge < -0.3 is 10.1 Å². The Morgan fingerprint density at radius 3 is 2.11 bits per heavy atom. The lowest BCUT2D eigenvalue weighted by Crippen LogP contribution is -2.56. The maximum Gasteiger partial charge on any atom is 0.332 e. The average Bonchev–Trinajstić information content (AvgIpc) is 2.53. The third kappa shape index (κ3) is 4.69. The van der Waals surface area contributed by atoms with Crippen molar-refractivity contribution in [3.05, 3.63) is 12.7 Å². The Bertz CT molecular complexity index is 347. The molecule has 0 spiro atoms. The van der Waals surface area contributed by atoms with Gasteiger partial charge in [0.25, 0.3) is 0 Å². The Hall–Kier alpha value is -1.32. The van der Waals surface area contributed by atoms with Crippen molar-refractivity contribution in [2.45, 2.75) is 70.4 Å². The Morgan fingerprint density at radius 1 is 1.16 bits per heavy atom. The first kappa shape index (κ1) is 15.7. The number of rotatable bonds is 3. The molecule has 4 nitrogen and oxygen atoms in total.